The zero-order valence-electron chi connectivity index (χ0n) is 9.75. The number of hydrogen-bond donors (Lipinski definition) is 2. The van der Waals surface area contributed by atoms with Crippen LogP contribution in [-0.4, -0.2) is 24.2 Å². The zero-order chi connectivity index (χ0) is 14.9. The minimum Gasteiger partial charge on any atom is -0.404 e. The van der Waals surface area contributed by atoms with E-state index in [0.29, 0.717) is 4.47 Å². The summed E-state index contributed by atoms with van der Waals surface area (Å²) in [5.74, 6) is -1.56. The molecule has 20 heavy (non-hydrogen) atoms. The van der Waals surface area contributed by atoms with Gasteiger partial charge < -0.3 is 10.1 Å². The third kappa shape index (κ3) is 3.62. The van der Waals surface area contributed by atoms with Crippen molar-refractivity contribution >= 4 is 33.4 Å². The molecule has 2 N–H and O–H groups in total. The summed E-state index contributed by atoms with van der Waals surface area (Å²) in [5.41, 5.74) is -0.0274. The first-order valence-electron chi connectivity index (χ1n) is 5.40. The Bertz CT molecular complexity index is 562. The molecule has 9 heteroatoms. The Hall–Kier alpha value is -1.77. The maximum Gasteiger partial charge on any atom is 0.573 e. The van der Waals surface area contributed by atoms with Gasteiger partial charge in [-0.05, 0) is 18.2 Å². The van der Waals surface area contributed by atoms with Crippen LogP contribution in [0.3, 0.4) is 0 Å². The van der Waals surface area contributed by atoms with Crippen LogP contribution in [0.1, 0.15) is 6.42 Å². The van der Waals surface area contributed by atoms with E-state index < -0.39 is 30.0 Å². The first kappa shape index (κ1) is 14.6. The van der Waals surface area contributed by atoms with Gasteiger partial charge in [-0.15, -0.1) is 13.2 Å². The molecule has 0 saturated carbocycles. The molecular weight excluding hydrogens is 345 g/mol. The summed E-state index contributed by atoms with van der Waals surface area (Å²) in [7, 11) is 0. The van der Waals surface area contributed by atoms with Crippen LogP contribution in [0.2, 0.25) is 0 Å². The normalized spacial score (nSPS) is 18.9. The fraction of sp³-hybridized carbons (Fsp3) is 0.273. The summed E-state index contributed by atoms with van der Waals surface area (Å²) in [5, 5.41) is 4.61. The van der Waals surface area contributed by atoms with Gasteiger partial charge in [0.1, 0.15) is 6.04 Å². The van der Waals surface area contributed by atoms with E-state index in [1.807, 2.05) is 0 Å². The van der Waals surface area contributed by atoms with Gasteiger partial charge in [0, 0.05) is 4.47 Å². The van der Waals surface area contributed by atoms with Crippen molar-refractivity contribution in [1.29, 1.82) is 0 Å². The number of imide groups is 1. The molecule has 2 amide bonds. The fourth-order valence-electron chi connectivity index (χ4n) is 1.68. The van der Waals surface area contributed by atoms with Crippen LogP contribution >= 0.6 is 15.9 Å². The average molecular weight is 353 g/mol. The summed E-state index contributed by atoms with van der Waals surface area (Å²) in [4.78, 5) is 22.4. The minimum absolute atomic E-state index is 0.0274. The van der Waals surface area contributed by atoms with Crippen molar-refractivity contribution in [3.8, 4) is 5.75 Å². The number of nitrogens with one attached hydrogen (secondary N) is 2. The van der Waals surface area contributed by atoms with Crippen molar-refractivity contribution in [2.45, 2.75) is 18.8 Å². The minimum atomic E-state index is -4.86. The third-order valence-electron chi connectivity index (χ3n) is 2.47. The number of benzene rings is 1. The summed E-state index contributed by atoms with van der Waals surface area (Å²) in [6.07, 6.45) is -4.99. The van der Waals surface area contributed by atoms with Crippen LogP contribution in [0.4, 0.5) is 18.9 Å². The maximum absolute atomic E-state index is 12.3. The highest BCUT2D eigenvalue weighted by Crippen LogP contribution is 2.33. The lowest BCUT2D eigenvalue weighted by Crippen LogP contribution is -2.30. The van der Waals surface area contributed by atoms with E-state index >= 15 is 0 Å². The predicted octanol–water partition coefficient (Wildman–Crippen LogP) is 2.17. The molecule has 1 aliphatic heterocycles. The Morgan fingerprint density at radius 2 is 2.05 bits per heavy atom. The van der Waals surface area contributed by atoms with Gasteiger partial charge in [0.15, 0.2) is 5.75 Å². The van der Waals surface area contributed by atoms with Crippen LogP contribution < -0.4 is 15.4 Å². The van der Waals surface area contributed by atoms with Crippen molar-refractivity contribution in [2.75, 3.05) is 5.32 Å². The van der Waals surface area contributed by atoms with Crippen molar-refractivity contribution in [3.63, 3.8) is 0 Å². The monoisotopic (exact) mass is 352 g/mol. The lowest BCUT2D eigenvalue weighted by Gasteiger charge is -2.17. The Morgan fingerprint density at radius 3 is 2.60 bits per heavy atom. The van der Waals surface area contributed by atoms with E-state index in [9.17, 15) is 22.8 Å². The van der Waals surface area contributed by atoms with Crippen LogP contribution in [0.25, 0.3) is 0 Å². The summed E-state index contributed by atoms with van der Waals surface area (Å²) < 4.78 is 41.2. The van der Waals surface area contributed by atoms with E-state index in [-0.39, 0.29) is 12.1 Å². The Kier molecular flexibility index (Phi) is 3.89. The molecule has 1 heterocycles. The fourth-order valence-corrected chi connectivity index (χ4v) is 2.02. The standard InChI is InChI=1S/C11H8BrF3N2O3/c12-5-1-2-6(8(3-5)20-11(13,14)15)16-7-4-9(18)17-10(7)19/h1-3,7,16H,4H2,(H,17,18,19). The molecule has 0 aromatic heterocycles. The second-order valence-corrected chi connectivity index (χ2v) is 4.92. The number of rotatable bonds is 3. The van der Waals surface area contributed by atoms with E-state index in [1.54, 1.807) is 0 Å². The molecular formula is C11H8BrF3N2O3. The number of halogens is 4. The highest BCUT2D eigenvalue weighted by molar-refractivity contribution is 9.10. The van der Waals surface area contributed by atoms with Crippen molar-refractivity contribution < 1.29 is 27.5 Å². The molecule has 5 nitrogen and oxygen atoms in total. The summed E-state index contributed by atoms with van der Waals surface area (Å²) >= 11 is 3.03. The third-order valence-corrected chi connectivity index (χ3v) is 2.96. The maximum atomic E-state index is 12.3. The molecule has 0 aliphatic carbocycles. The highest BCUT2D eigenvalue weighted by atomic mass is 79.9. The van der Waals surface area contributed by atoms with Gasteiger partial charge in [0.05, 0.1) is 12.1 Å². The average Bonchev–Trinajstić information content (AvgIpc) is 2.59. The second kappa shape index (κ2) is 5.31. The lowest BCUT2D eigenvalue weighted by molar-refractivity contribution is -0.274. The van der Waals surface area contributed by atoms with Crippen LogP contribution in [0.5, 0.6) is 5.75 Å². The number of carbonyl (C=O) groups is 2. The van der Waals surface area contributed by atoms with Crippen molar-refractivity contribution in [1.82, 2.24) is 5.32 Å². The molecule has 0 radical (unpaired) electrons. The summed E-state index contributed by atoms with van der Waals surface area (Å²) in [6, 6.07) is 3.01. The van der Waals surface area contributed by atoms with E-state index in [4.69, 9.17) is 0 Å². The molecule has 0 spiro atoms. The first-order valence-corrected chi connectivity index (χ1v) is 6.19. The number of carbonyl (C=O) groups excluding carboxylic acids is 2. The van der Waals surface area contributed by atoms with Gasteiger partial charge in [-0.3, -0.25) is 14.9 Å². The molecule has 1 unspecified atom stereocenters. The number of alkyl halides is 3. The van der Waals surface area contributed by atoms with Crippen LogP contribution in [0, 0.1) is 0 Å². The second-order valence-electron chi connectivity index (χ2n) is 4.00. The van der Waals surface area contributed by atoms with E-state index in [0.717, 1.165) is 6.07 Å². The van der Waals surface area contributed by atoms with Gasteiger partial charge in [-0.2, -0.15) is 0 Å². The van der Waals surface area contributed by atoms with E-state index in [1.165, 1.54) is 12.1 Å². The number of amides is 2. The molecule has 1 aliphatic rings. The molecule has 1 atom stereocenters. The topological polar surface area (TPSA) is 67.4 Å². The number of ether oxygens (including phenoxy) is 1. The molecule has 108 valence electrons. The van der Waals surface area contributed by atoms with Crippen LogP contribution in [-0.2, 0) is 9.59 Å². The predicted molar refractivity (Wildman–Crippen MR) is 66.0 cm³/mol. The quantitative estimate of drug-likeness (QED) is 0.818. The lowest BCUT2D eigenvalue weighted by atomic mass is 10.2. The van der Waals surface area contributed by atoms with Gasteiger partial charge >= 0.3 is 6.36 Å². The molecule has 1 aromatic rings. The largest absolute Gasteiger partial charge is 0.573 e. The van der Waals surface area contributed by atoms with Gasteiger partial charge in [-0.1, -0.05) is 15.9 Å². The highest BCUT2D eigenvalue weighted by Gasteiger charge is 2.34. The Morgan fingerprint density at radius 1 is 1.35 bits per heavy atom. The van der Waals surface area contributed by atoms with Crippen molar-refractivity contribution in [2.24, 2.45) is 0 Å². The molecule has 1 fully saturated rings. The van der Waals surface area contributed by atoms with E-state index in [2.05, 4.69) is 31.3 Å². The Balaban J connectivity index is 2.23. The molecule has 1 aromatic carbocycles. The zero-order valence-corrected chi connectivity index (χ0v) is 11.3. The molecule has 2 rings (SSSR count). The number of anilines is 1. The SMILES string of the molecule is O=C1CC(Nc2ccc(Br)cc2OC(F)(F)F)C(=O)N1. The van der Waals surface area contributed by atoms with Crippen LogP contribution in [0.15, 0.2) is 22.7 Å². The molecule has 1 saturated heterocycles. The van der Waals surface area contributed by atoms with Crippen molar-refractivity contribution in [3.05, 3.63) is 22.7 Å². The summed E-state index contributed by atoms with van der Waals surface area (Å²) in [6.45, 7) is 0. The van der Waals surface area contributed by atoms with Gasteiger partial charge in [0.2, 0.25) is 11.8 Å². The Labute approximate surface area is 119 Å². The first-order chi connectivity index (χ1) is 9.24. The number of hydrogen-bond acceptors (Lipinski definition) is 4. The van der Waals surface area contributed by atoms with Gasteiger partial charge in [0.25, 0.3) is 0 Å². The smallest absolute Gasteiger partial charge is 0.404 e. The van der Waals surface area contributed by atoms with Gasteiger partial charge in [-0.25, -0.2) is 0 Å². The molecule has 0 bridgehead atoms.